The summed E-state index contributed by atoms with van der Waals surface area (Å²) in [6.07, 6.45) is 1.07. The summed E-state index contributed by atoms with van der Waals surface area (Å²) in [5.74, 6) is 0.551. The van der Waals surface area contributed by atoms with Crippen LogP contribution in [-0.4, -0.2) is 20.6 Å². The van der Waals surface area contributed by atoms with Gasteiger partial charge in [0.2, 0.25) is 0 Å². The van der Waals surface area contributed by atoms with E-state index in [-0.39, 0.29) is 15.5 Å². The number of carbonyl (C=O) groups excluding carboxylic acids is 1. The number of aryl methyl sites for hydroxylation is 1. The molecule has 0 aliphatic rings. The highest BCUT2D eigenvalue weighted by molar-refractivity contribution is 7.90. The van der Waals surface area contributed by atoms with Gasteiger partial charge in [-0.3, -0.25) is 4.79 Å². The van der Waals surface area contributed by atoms with Crippen LogP contribution >= 0.6 is 11.6 Å². The van der Waals surface area contributed by atoms with Gasteiger partial charge < -0.3 is 10.1 Å². The van der Waals surface area contributed by atoms with E-state index in [9.17, 15) is 13.2 Å². The van der Waals surface area contributed by atoms with Crippen LogP contribution in [0.15, 0.2) is 71.6 Å². The standard InChI is InChI=1S/C21H18ClNO4S/c1-14-7-9-15(10-8-14)27-20-6-4-3-5-19(20)23-21(24)17-13-16(28(2,25)26)11-12-18(17)22/h3-13H,1-2H3,(H,23,24). The summed E-state index contributed by atoms with van der Waals surface area (Å²) in [5, 5.41) is 2.89. The summed E-state index contributed by atoms with van der Waals surface area (Å²) in [4.78, 5) is 12.7. The maximum Gasteiger partial charge on any atom is 0.257 e. The van der Waals surface area contributed by atoms with E-state index in [2.05, 4.69) is 5.32 Å². The molecule has 0 bridgehead atoms. The minimum atomic E-state index is -3.46. The van der Waals surface area contributed by atoms with Gasteiger partial charge in [-0.1, -0.05) is 41.4 Å². The summed E-state index contributed by atoms with van der Waals surface area (Å²) in [6, 6.07) is 18.5. The third-order valence-electron chi connectivity index (χ3n) is 3.99. The Bertz CT molecular complexity index is 1130. The van der Waals surface area contributed by atoms with Crippen molar-refractivity contribution in [3.05, 3.63) is 82.9 Å². The number of rotatable bonds is 5. The third kappa shape index (κ3) is 4.71. The second-order valence-electron chi connectivity index (χ2n) is 6.28. The van der Waals surface area contributed by atoms with Crippen LogP contribution < -0.4 is 10.1 Å². The summed E-state index contributed by atoms with van der Waals surface area (Å²) in [5.41, 5.74) is 1.61. The second kappa shape index (κ2) is 8.04. The van der Waals surface area contributed by atoms with Crippen LogP contribution in [-0.2, 0) is 9.84 Å². The molecule has 0 fully saturated rings. The minimum Gasteiger partial charge on any atom is -0.455 e. The van der Waals surface area contributed by atoms with Crippen LogP contribution in [0, 0.1) is 6.92 Å². The van der Waals surface area contributed by atoms with E-state index in [0.717, 1.165) is 11.8 Å². The van der Waals surface area contributed by atoms with Gasteiger partial charge in [0.25, 0.3) is 5.91 Å². The molecule has 0 saturated heterocycles. The van der Waals surface area contributed by atoms with E-state index in [1.54, 1.807) is 24.3 Å². The van der Waals surface area contributed by atoms with E-state index in [1.807, 2.05) is 31.2 Å². The van der Waals surface area contributed by atoms with Crippen LogP contribution in [0.25, 0.3) is 0 Å². The fourth-order valence-electron chi connectivity index (χ4n) is 2.49. The Balaban J connectivity index is 1.88. The fourth-order valence-corrected chi connectivity index (χ4v) is 3.34. The summed E-state index contributed by atoms with van der Waals surface area (Å²) in [6.45, 7) is 1.98. The molecule has 0 atom stereocenters. The molecule has 5 nitrogen and oxygen atoms in total. The van der Waals surface area contributed by atoms with Gasteiger partial charge in [-0.15, -0.1) is 0 Å². The van der Waals surface area contributed by atoms with Crippen molar-refractivity contribution < 1.29 is 17.9 Å². The molecule has 3 rings (SSSR count). The molecule has 1 N–H and O–H groups in total. The number of hydrogen-bond acceptors (Lipinski definition) is 4. The molecule has 3 aromatic carbocycles. The van der Waals surface area contributed by atoms with Gasteiger partial charge >= 0.3 is 0 Å². The van der Waals surface area contributed by atoms with E-state index >= 15 is 0 Å². The molecule has 0 saturated carbocycles. The SMILES string of the molecule is Cc1ccc(Oc2ccccc2NC(=O)c2cc(S(C)(=O)=O)ccc2Cl)cc1. The molecule has 0 unspecified atom stereocenters. The number of halogens is 1. The fraction of sp³-hybridized carbons (Fsp3) is 0.0952. The molecule has 3 aromatic rings. The molecule has 144 valence electrons. The average Bonchev–Trinajstić information content (AvgIpc) is 2.64. The maximum atomic E-state index is 12.7. The number of hydrogen-bond donors (Lipinski definition) is 1. The zero-order valence-electron chi connectivity index (χ0n) is 15.3. The molecular formula is C21H18ClNO4S. The molecule has 0 heterocycles. The van der Waals surface area contributed by atoms with Crippen molar-refractivity contribution >= 4 is 33.0 Å². The number of sulfone groups is 1. The second-order valence-corrected chi connectivity index (χ2v) is 8.70. The molecule has 0 aliphatic carbocycles. The van der Waals surface area contributed by atoms with E-state index in [4.69, 9.17) is 16.3 Å². The lowest BCUT2D eigenvalue weighted by atomic mass is 10.2. The molecule has 0 aliphatic heterocycles. The van der Waals surface area contributed by atoms with E-state index in [1.165, 1.54) is 18.2 Å². The quantitative estimate of drug-likeness (QED) is 0.629. The zero-order valence-corrected chi connectivity index (χ0v) is 16.8. The van der Waals surface area contributed by atoms with Crippen molar-refractivity contribution in [1.82, 2.24) is 0 Å². The molecule has 0 aromatic heterocycles. The first kappa shape index (κ1) is 19.9. The largest absolute Gasteiger partial charge is 0.455 e. The predicted octanol–water partition coefficient (Wildman–Crippen LogP) is 5.10. The zero-order chi connectivity index (χ0) is 20.3. The predicted molar refractivity (Wildman–Crippen MR) is 110 cm³/mol. The van der Waals surface area contributed by atoms with Crippen molar-refractivity contribution in [1.29, 1.82) is 0 Å². The number of amides is 1. The highest BCUT2D eigenvalue weighted by atomic mass is 35.5. The van der Waals surface area contributed by atoms with Gasteiger partial charge in [0.05, 0.1) is 21.2 Å². The Labute approximate surface area is 168 Å². The lowest BCUT2D eigenvalue weighted by molar-refractivity contribution is 0.102. The van der Waals surface area contributed by atoms with Crippen molar-refractivity contribution in [2.24, 2.45) is 0 Å². The average molecular weight is 416 g/mol. The molecule has 1 amide bonds. The highest BCUT2D eigenvalue weighted by Crippen LogP contribution is 2.30. The number of carbonyl (C=O) groups is 1. The highest BCUT2D eigenvalue weighted by Gasteiger charge is 2.17. The Morgan fingerprint density at radius 3 is 2.36 bits per heavy atom. The van der Waals surface area contributed by atoms with Crippen LogP contribution in [0.2, 0.25) is 5.02 Å². The van der Waals surface area contributed by atoms with Crippen molar-refractivity contribution in [2.75, 3.05) is 11.6 Å². The monoisotopic (exact) mass is 415 g/mol. The number of anilines is 1. The first-order valence-electron chi connectivity index (χ1n) is 8.38. The van der Waals surface area contributed by atoms with E-state index in [0.29, 0.717) is 17.2 Å². The Kier molecular flexibility index (Phi) is 5.72. The van der Waals surface area contributed by atoms with Crippen molar-refractivity contribution in [2.45, 2.75) is 11.8 Å². The topological polar surface area (TPSA) is 72.5 Å². The smallest absolute Gasteiger partial charge is 0.257 e. The minimum absolute atomic E-state index is 0.0197. The Hall–Kier alpha value is -2.83. The van der Waals surface area contributed by atoms with E-state index < -0.39 is 15.7 Å². The van der Waals surface area contributed by atoms with Crippen LogP contribution in [0.4, 0.5) is 5.69 Å². The lowest BCUT2D eigenvalue weighted by Crippen LogP contribution is -2.14. The molecule has 7 heteroatoms. The van der Waals surface area contributed by atoms with Gasteiger partial charge in [0, 0.05) is 6.26 Å². The summed E-state index contributed by atoms with van der Waals surface area (Å²) < 4.78 is 29.4. The van der Waals surface area contributed by atoms with Crippen molar-refractivity contribution in [3.63, 3.8) is 0 Å². The number of benzene rings is 3. The summed E-state index contributed by atoms with van der Waals surface area (Å²) in [7, 11) is -3.46. The van der Waals surface area contributed by atoms with Crippen molar-refractivity contribution in [3.8, 4) is 11.5 Å². The maximum absolute atomic E-state index is 12.7. The van der Waals surface area contributed by atoms with Gasteiger partial charge in [0.1, 0.15) is 5.75 Å². The number of ether oxygens (including phenoxy) is 1. The normalized spacial score (nSPS) is 11.1. The van der Waals surface area contributed by atoms with Gasteiger partial charge in [-0.25, -0.2) is 8.42 Å². The number of nitrogens with one attached hydrogen (secondary N) is 1. The van der Waals surface area contributed by atoms with Gasteiger partial charge in [-0.2, -0.15) is 0 Å². The van der Waals surface area contributed by atoms with Gasteiger partial charge in [-0.05, 0) is 49.4 Å². The van der Waals surface area contributed by atoms with Crippen LogP contribution in [0.1, 0.15) is 15.9 Å². The Morgan fingerprint density at radius 1 is 1.00 bits per heavy atom. The van der Waals surface area contributed by atoms with Crippen LogP contribution in [0.5, 0.6) is 11.5 Å². The molecular weight excluding hydrogens is 398 g/mol. The molecule has 0 radical (unpaired) electrons. The van der Waals surface area contributed by atoms with Crippen LogP contribution in [0.3, 0.4) is 0 Å². The third-order valence-corrected chi connectivity index (χ3v) is 5.43. The molecule has 28 heavy (non-hydrogen) atoms. The first-order chi connectivity index (χ1) is 13.2. The first-order valence-corrected chi connectivity index (χ1v) is 10.7. The lowest BCUT2D eigenvalue weighted by Gasteiger charge is -2.13. The Morgan fingerprint density at radius 2 is 1.68 bits per heavy atom. The summed E-state index contributed by atoms with van der Waals surface area (Å²) >= 11 is 6.10. The number of para-hydroxylation sites is 2. The molecule has 0 spiro atoms. The van der Waals surface area contributed by atoms with Gasteiger partial charge in [0.15, 0.2) is 15.6 Å².